The van der Waals surface area contributed by atoms with E-state index in [-0.39, 0.29) is 11.3 Å². The topological polar surface area (TPSA) is 106 Å². The molecule has 1 amide bonds. The number of amides is 1. The fraction of sp³-hybridized carbons (Fsp3) is 0.314. The summed E-state index contributed by atoms with van der Waals surface area (Å²) < 4.78 is 14.7. The van der Waals surface area contributed by atoms with Crippen LogP contribution in [0, 0.1) is 26.7 Å². The largest absolute Gasteiger partial charge is 0.505 e. The van der Waals surface area contributed by atoms with Gasteiger partial charge in [-0.05, 0) is 87.1 Å². The summed E-state index contributed by atoms with van der Waals surface area (Å²) in [6.45, 7) is 12.8. The first-order valence-electron chi connectivity index (χ1n) is 15.1. The molecule has 5 aromatic rings. The summed E-state index contributed by atoms with van der Waals surface area (Å²) in [5.41, 5.74) is 4.84. The first kappa shape index (κ1) is 30.3. The summed E-state index contributed by atoms with van der Waals surface area (Å²) in [6, 6.07) is 14.0. The molecule has 9 nitrogen and oxygen atoms in total. The minimum atomic E-state index is -0.982. The van der Waals surface area contributed by atoms with Crippen molar-refractivity contribution in [3.8, 4) is 11.5 Å². The summed E-state index contributed by atoms with van der Waals surface area (Å²) in [5.74, 6) is -0.334. The highest BCUT2D eigenvalue weighted by atomic mass is 32.1. The van der Waals surface area contributed by atoms with E-state index in [1.807, 2.05) is 57.2 Å². The molecule has 3 aromatic heterocycles. The summed E-state index contributed by atoms with van der Waals surface area (Å²) in [5, 5.41) is 12.3. The molecule has 2 aromatic carbocycles. The Morgan fingerprint density at radius 2 is 1.82 bits per heavy atom. The van der Waals surface area contributed by atoms with Gasteiger partial charge in [-0.15, -0.1) is 0 Å². The van der Waals surface area contributed by atoms with Gasteiger partial charge in [0.25, 0.3) is 5.78 Å². The molecule has 10 heteroatoms. The molecule has 1 atom stereocenters. The number of fused-ring (bicyclic) bond motifs is 2. The van der Waals surface area contributed by atoms with E-state index in [9.17, 15) is 14.7 Å². The highest BCUT2D eigenvalue weighted by Gasteiger charge is 2.49. The zero-order valence-corrected chi connectivity index (χ0v) is 27.1. The van der Waals surface area contributed by atoms with Crippen molar-refractivity contribution in [2.75, 3.05) is 18.1 Å². The molecule has 1 unspecified atom stereocenters. The van der Waals surface area contributed by atoms with Crippen molar-refractivity contribution in [3.05, 3.63) is 88.4 Å². The molecule has 45 heavy (non-hydrogen) atoms. The smallest absolute Gasteiger partial charge is 0.301 e. The molecule has 1 N–H and O–H groups in total. The molecule has 1 aliphatic heterocycles. The van der Waals surface area contributed by atoms with E-state index in [2.05, 4.69) is 18.8 Å². The molecule has 0 bridgehead atoms. The number of imidazole rings is 1. The highest BCUT2D eigenvalue weighted by molar-refractivity contribution is 7.22. The lowest BCUT2D eigenvalue weighted by Gasteiger charge is -2.24. The SMILES string of the molecule is CCOc1cc(C2C(=C(O)c3c(C)nc4ccccn34)C(=O)C(=O)N2c2nc3c(C)cc(C)cc3s2)ccc1OCCC(C)C. The highest BCUT2D eigenvalue weighted by Crippen LogP contribution is 2.46. The summed E-state index contributed by atoms with van der Waals surface area (Å²) >= 11 is 1.34. The second-order valence-corrected chi connectivity index (χ2v) is 12.7. The van der Waals surface area contributed by atoms with Crippen LogP contribution in [0.3, 0.4) is 0 Å². The average Bonchev–Trinajstić information content (AvgIpc) is 3.64. The van der Waals surface area contributed by atoms with Crippen molar-refractivity contribution in [1.29, 1.82) is 0 Å². The Bertz CT molecular complexity index is 1990. The lowest BCUT2D eigenvalue weighted by atomic mass is 9.96. The van der Waals surface area contributed by atoms with Crippen LogP contribution in [0.15, 0.2) is 60.3 Å². The number of hydrogen-bond donors (Lipinski definition) is 1. The Balaban J connectivity index is 1.56. The van der Waals surface area contributed by atoms with E-state index < -0.39 is 17.7 Å². The van der Waals surface area contributed by atoms with Gasteiger partial charge in [0.05, 0.1) is 40.7 Å². The minimum absolute atomic E-state index is 0.0446. The number of aromatic nitrogens is 3. The summed E-state index contributed by atoms with van der Waals surface area (Å²) in [4.78, 5) is 38.7. The standard InChI is InChI=1S/C35H36N4O5S/c1-7-43-25-18-23(11-12-24(25)44-15-13-19(2)3)31-28(32(40)30-22(6)36-27-10-8-9-14-38(27)30)33(41)34(42)39(31)35-37-29-21(5)16-20(4)17-26(29)45-35/h8-12,14,16-19,31,40H,7,13,15H2,1-6H3. The fourth-order valence-corrected chi connectivity index (χ4v) is 6.99. The second-order valence-electron chi connectivity index (χ2n) is 11.7. The van der Waals surface area contributed by atoms with Crippen LogP contribution >= 0.6 is 11.3 Å². The van der Waals surface area contributed by atoms with Gasteiger partial charge in [0, 0.05) is 6.20 Å². The molecule has 1 saturated heterocycles. The van der Waals surface area contributed by atoms with E-state index in [0.717, 1.165) is 27.8 Å². The molecule has 0 aliphatic carbocycles. The van der Waals surface area contributed by atoms with Gasteiger partial charge < -0.3 is 14.6 Å². The van der Waals surface area contributed by atoms with Crippen molar-refractivity contribution in [3.63, 3.8) is 0 Å². The van der Waals surface area contributed by atoms with Gasteiger partial charge in [-0.3, -0.25) is 18.9 Å². The molecular formula is C35H36N4O5S. The lowest BCUT2D eigenvalue weighted by molar-refractivity contribution is -0.132. The number of carbonyl (C=O) groups is 2. The number of Topliss-reactive ketones (excluding diaryl/α,β-unsaturated/α-hetero) is 1. The van der Waals surface area contributed by atoms with Gasteiger partial charge in [-0.2, -0.15) is 0 Å². The van der Waals surface area contributed by atoms with Crippen molar-refractivity contribution >= 4 is 49.8 Å². The number of aliphatic hydroxyl groups excluding tert-OH is 1. The first-order valence-corrected chi connectivity index (χ1v) is 15.9. The van der Waals surface area contributed by atoms with Crippen LogP contribution in [-0.2, 0) is 9.59 Å². The molecule has 1 fully saturated rings. The third-order valence-corrected chi connectivity index (χ3v) is 8.94. The van der Waals surface area contributed by atoms with E-state index in [0.29, 0.717) is 58.4 Å². The normalized spacial score (nSPS) is 16.4. The van der Waals surface area contributed by atoms with E-state index in [1.54, 1.807) is 29.7 Å². The minimum Gasteiger partial charge on any atom is -0.505 e. The number of pyridine rings is 1. The number of rotatable bonds is 9. The number of ether oxygens (including phenoxy) is 2. The summed E-state index contributed by atoms with van der Waals surface area (Å²) in [6.07, 6.45) is 2.65. The Morgan fingerprint density at radius 1 is 1.02 bits per heavy atom. The van der Waals surface area contributed by atoms with Crippen LogP contribution in [-0.4, -0.2) is 44.4 Å². The Kier molecular flexibility index (Phi) is 8.09. The fourth-order valence-electron chi connectivity index (χ4n) is 5.82. The number of anilines is 1. The maximum atomic E-state index is 14.0. The molecule has 0 saturated carbocycles. The Labute approximate surface area is 265 Å². The maximum absolute atomic E-state index is 14.0. The van der Waals surface area contributed by atoms with Crippen LogP contribution in [0.5, 0.6) is 11.5 Å². The number of aliphatic hydroxyl groups is 1. The second kappa shape index (κ2) is 12.0. The zero-order valence-electron chi connectivity index (χ0n) is 26.2. The van der Waals surface area contributed by atoms with Crippen molar-refractivity contribution in [1.82, 2.24) is 14.4 Å². The number of hydrogen-bond acceptors (Lipinski definition) is 8. The van der Waals surface area contributed by atoms with Gasteiger partial charge in [-0.25, -0.2) is 9.97 Å². The van der Waals surface area contributed by atoms with Crippen LogP contribution in [0.2, 0.25) is 0 Å². The molecule has 6 rings (SSSR count). The average molecular weight is 625 g/mol. The van der Waals surface area contributed by atoms with E-state index >= 15 is 0 Å². The van der Waals surface area contributed by atoms with Crippen molar-refractivity contribution < 1.29 is 24.2 Å². The van der Waals surface area contributed by atoms with Gasteiger partial charge in [0.1, 0.15) is 11.3 Å². The van der Waals surface area contributed by atoms with Crippen molar-refractivity contribution in [2.45, 2.75) is 54.0 Å². The number of thiazole rings is 1. The van der Waals surface area contributed by atoms with Crippen LogP contribution in [0.25, 0.3) is 21.6 Å². The lowest BCUT2D eigenvalue weighted by Crippen LogP contribution is -2.29. The van der Waals surface area contributed by atoms with Crippen LogP contribution < -0.4 is 14.4 Å². The van der Waals surface area contributed by atoms with Crippen LogP contribution in [0.1, 0.15) is 61.3 Å². The number of nitrogens with zero attached hydrogens (tertiary/aromatic N) is 4. The van der Waals surface area contributed by atoms with Gasteiger partial charge in [-0.1, -0.05) is 43.4 Å². The van der Waals surface area contributed by atoms with Gasteiger partial charge in [0.2, 0.25) is 0 Å². The zero-order chi connectivity index (χ0) is 32.0. The molecule has 0 spiro atoms. The Hall–Kier alpha value is -4.70. The Morgan fingerprint density at radius 3 is 2.58 bits per heavy atom. The number of benzene rings is 2. The quantitative estimate of drug-likeness (QED) is 0.104. The van der Waals surface area contributed by atoms with E-state index in [1.165, 1.54) is 16.2 Å². The molecule has 4 heterocycles. The number of aryl methyl sites for hydroxylation is 3. The third-order valence-electron chi connectivity index (χ3n) is 7.93. The molecule has 1 aliphatic rings. The monoisotopic (exact) mass is 624 g/mol. The van der Waals surface area contributed by atoms with E-state index in [4.69, 9.17) is 14.5 Å². The molecule has 232 valence electrons. The van der Waals surface area contributed by atoms with Gasteiger partial charge >= 0.3 is 5.91 Å². The summed E-state index contributed by atoms with van der Waals surface area (Å²) in [7, 11) is 0. The number of carbonyl (C=O) groups excluding carboxylic acids is 2. The van der Waals surface area contributed by atoms with Gasteiger partial charge in [0.15, 0.2) is 22.4 Å². The maximum Gasteiger partial charge on any atom is 0.301 e. The molecular weight excluding hydrogens is 588 g/mol. The third kappa shape index (κ3) is 5.44. The predicted octanol–water partition coefficient (Wildman–Crippen LogP) is 7.32. The van der Waals surface area contributed by atoms with Crippen molar-refractivity contribution in [2.24, 2.45) is 5.92 Å². The molecule has 0 radical (unpaired) electrons. The predicted molar refractivity (Wildman–Crippen MR) is 176 cm³/mol. The number of ketones is 1. The van der Waals surface area contributed by atoms with Crippen LogP contribution in [0.4, 0.5) is 5.13 Å². The first-order chi connectivity index (χ1) is 21.6.